The molecule has 0 bridgehead atoms. The second-order valence-corrected chi connectivity index (χ2v) is 9.52. The fourth-order valence-electron chi connectivity index (χ4n) is 1.98. The highest BCUT2D eigenvalue weighted by atomic mass is 35.5. The van der Waals surface area contributed by atoms with Gasteiger partial charge in [0, 0.05) is 13.6 Å². The van der Waals surface area contributed by atoms with Crippen LogP contribution in [0.15, 0.2) is 39.9 Å². The molecule has 0 aliphatic rings. The van der Waals surface area contributed by atoms with E-state index in [2.05, 4.69) is 5.32 Å². The van der Waals surface area contributed by atoms with E-state index in [0.29, 0.717) is 10.8 Å². The Hall–Kier alpha value is -1.36. The van der Waals surface area contributed by atoms with Gasteiger partial charge in [0.2, 0.25) is 5.91 Å². The molecule has 0 fully saturated rings. The lowest BCUT2D eigenvalue weighted by atomic mass is 10.3. The van der Waals surface area contributed by atoms with Crippen LogP contribution in [0.1, 0.15) is 0 Å². The number of carbonyl (C=O) groups excluding carboxylic acids is 1. The summed E-state index contributed by atoms with van der Waals surface area (Å²) < 4.78 is 31.0. The lowest BCUT2D eigenvalue weighted by Gasteiger charge is -2.17. The van der Waals surface area contributed by atoms with Crippen molar-refractivity contribution in [3.8, 4) is 5.75 Å². The van der Waals surface area contributed by atoms with E-state index in [1.807, 2.05) is 0 Å². The normalized spacial score (nSPS) is 12.8. The van der Waals surface area contributed by atoms with Crippen LogP contribution in [0.4, 0.5) is 0 Å². The van der Waals surface area contributed by atoms with Crippen molar-refractivity contribution in [1.82, 2.24) is 9.62 Å². The summed E-state index contributed by atoms with van der Waals surface area (Å²) >= 11 is 12.9. The Kier molecular flexibility index (Phi) is 7.90. The smallest absolute Gasteiger partial charge is 0.252 e. The highest BCUT2D eigenvalue weighted by molar-refractivity contribution is 7.91. The molecule has 1 heterocycles. The monoisotopic (exact) mass is 452 g/mol. The molecule has 2 N–H and O–H groups in total. The van der Waals surface area contributed by atoms with E-state index >= 15 is 0 Å². The van der Waals surface area contributed by atoms with Gasteiger partial charge in [0.15, 0.2) is 0 Å². The molecule has 1 atom stereocenters. The zero-order valence-electron chi connectivity index (χ0n) is 14.3. The molecular weight excluding hydrogens is 435 g/mol. The fraction of sp³-hybridized carbons (Fsp3) is 0.312. The molecule has 0 spiro atoms. The van der Waals surface area contributed by atoms with Gasteiger partial charge in [-0.3, -0.25) is 4.79 Å². The van der Waals surface area contributed by atoms with Crippen LogP contribution >= 0.6 is 34.5 Å². The molecule has 7 nitrogen and oxygen atoms in total. The van der Waals surface area contributed by atoms with E-state index < -0.39 is 22.0 Å². The number of nitrogens with one attached hydrogen (secondary N) is 1. The van der Waals surface area contributed by atoms with Crippen LogP contribution in [-0.4, -0.2) is 56.6 Å². The van der Waals surface area contributed by atoms with Crippen LogP contribution in [0.3, 0.4) is 0 Å². The number of aliphatic hydroxyl groups excluding tert-OH is 1. The van der Waals surface area contributed by atoms with Crippen LogP contribution in [0.5, 0.6) is 5.75 Å². The average Bonchev–Trinajstić information content (AvgIpc) is 3.16. The Morgan fingerprint density at radius 1 is 1.33 bits per heavy atom. The highest BCUT2D eigenvalue weighted by Gasteiger charge is 2.24. The van der Waals surface area contributed by atoms with E-state index in [9.17, 15) is 18.3 Å². The second-order valence-electron chi connectivity index (χ2n) is 5.51. The van der Waals surface area contributed by atoms with E-state index in [-0.39, 0.29) is 28.9 Å². The van der Waals surface area contributed by atoms with Crippen molar-refractivity contribution in [2.75, 3.05) is 26.7 Å². The molecule has 0 aliphatic carbocycles. The summed E-state index contributed by atoms with van der Waals surface area (Å²) in [6.07, 6.45) is -1.01. The van der Waals surface area contributed by atoms with E-state index in [1.54, 1.807) is 29.6 Å². The van der Waals surface area contributed by atoms with Gasteiger partial charge in [-0.05, 0) is 23.6 Å². The predicted molar refractivity (Wildman–Crippen MR) is 105 cm³/mol. The van der Waals surface area contributed by atoms with E-state index in [1.165, 1.54) is 13.1 Å². The third kappa shape index (κ3) is 6.06. The van der Waals surface area contributed by atoms with Crippen molar-refractivity contribution in [3.63, 3.8) is 0 Å². The molecule has 2 aromatic rings. The number of rotatable bonds is 9. The van der Waals surface area contributed by atoms with Crippen molar-refractivity contribution in [3.05, 3.63) is 45.8 Å². The first kappa shape index (κ1) is 21.9. The summed E-state index contributed by atoms with van der Waals surface area (Å²) in [5.74, 6) is -0.228. The van der Waals surface area contributed by atoms with Crippen molar-refractivity contribution in [2.24, 2.45) is 0 Å². The molecule has 148 valence electrons. The molecule has 1 aromatic carbocycles. The first-order chi connectivity index (χ1) is 12.7. The Morgan fingerprint density at radius 2 is 2.07 bits per heavy atom. The zero-order chi connectivity index (χ0) is 20.0. The van der Waals surface area contributed by atoms with Crippen molar-refractivity contribution >= 4 is 50.5 Å². The number of thiophene rings is 1. The Bertz CT molecular complexity index is 875. The van der Waals surface area contributed by atoms with Gasteiger partial charge in [0.1, 0.15) is 27.7 Å². The minimum Gasteiger partial charge on any atom is -0.489 e. The Morgan fingerprint density at radius 3 is 2.74 bits per heavy atom. The molecule has 1 amide bonds. The Labute approximate surface area is 171 Å². The van der Waals surface area contributed by atoms with Crippen molar-refractivity contribution in [2.45, 2.75) is 10.3 Å². The molecule has 1 aromatic heterocycles. The molecular formula is C16H18Cl2N2O5S2. The number of amides is 1. The zero-order valence-corrected chi connectivity index (χ0v) is 17.4. The van der Waals surface area contributed by atoms with Gasteiger partial charge in [0.25, 0.3) is 10.0 Å². The maximum absolute atomic E-state index is 12.2. The highest BCUT2D eigenvalue weighted by Crippen LogP contribution is 2.31. The van der Waals surface area contributed by atoms with Crippen molar-refractivity contribution in [1.29, 1.82) is 0 Å². The lowest BCUT2D eigenvalue weighted by molar-refractivity contribution is -0.121. The van der Waals surface area contributed by atoms with Gasteiger partial charge in [-0.1, -0.05) is 35.3 Å². The van der Waals surface area contributed by atoms with Crippen LogP contribution < -0.4 is 10.1 Å². The molecule has 0 saturated carbocycles. The van der Waals surface area contributed by atoms with Gasteiger partial charge in [-0.25, -0.2) is 8.42 Å². The average molecular weight is 453 g/mol. The largest absolute Gasteiger partial charge is 0.489 e. The van der Waals surface area contributed by atoms with Gasteiger partial charge in [0.05, 0.1) is 11.6 Å². The number of halogens is 2. The number of nitrogens with zero attached hydrogens (tertiary/aromatic N) is 1. The summed E-state index contributed by atoms with van der Waals surface area (Å²) in [5, 5.41) is 14.6. The number of carbonyl (C=O) groups is 1. The van der Waals surface area contributed by atoms with Gasteiger partial charge in [-0.15, -0.1) is 11.3 Å². The minimum absolute atomic E-state index is 0.107. The van der Waals surface area contributed by atoms with Crippen LogP contribution in [0, 0.1) is 0 Å². The van der Waals surface area contributed by atoms with Gasteiger partial charge < -0.3 is 15.2 Å². The third-order valence-corrected chi connectivity index (χ3v) is 7.39. The maximum Gasteiger partial charge on any atom is 0.252 e. The van der Waals surface area contributed by atoms with Crippen LogP contribution in [-0.2, 0) is 14.8 Å². The first-order valence-corrected chi connectivity index (χ1v) is 10.8. The summed E-state index contributed by atoms with van der Waals surface area (Å²) in [4.78, 5) is 11.9. The number of sulfonamides is 1. The molecule has 11 heteroatoms. The summed E-state index contributed by atoms with van der Waals surface area (Å²) in [7, 11) is -2.39. The lowest BCUT2D eigenvalue weighted by Crippen LogP contribution is -2.41. The number of likely N-dealkylation sites (N-methyl/N-ethyl adjacent to an activating group) is 1. The molecule has 27 heavy (non-hydrogen) atoms. The maximum atomic E-state index is 12.2. The van der Waals surface area contributed by atoms with Crippen LogP contribution in [0.25, 0.3) is 0 Å². The van der Waals surface area contributed by atoms with Crippen LogP contribution in [0.2, 0.25) is 10.0 Å². The molecule has 1 unspecified atom stereocenters. The van der Waals surface area contributed by atoms with Gasteiger partial charge >= 0.3 is 0 Å². The van der Waals surface area contributed by atoms with E-state index in [4.69, 9.17) is 27.9 Å². The molecule has 0 saturated heterocycles. The summed E-state index contributed by atoms with van der Waals surface area (Å²) in [5.41, 5.74) is 0. The first-order valence-electron chi connectivity index (χ1n) is 7.73. The summed E-state index contributed by atoms with van der Waals surface area (Å²) in [6.45, 7) is -0.596. The van der Waals surface area contributed by atoms with Gasteiger partial charge in [-0.2, -0.15) is 4.31 Å². The van der Waals surface area contributed by atoms with Crippen molar-refractivity contribution < 1.29 is 23.1 Å². The molecule has 0 aliphatic heterocycles. The quantitative estimate of drug-likeness (QED) is 0.607. The second kappa shape index (κ2) is 9.72. The fourth-order valence-corrected chi connectivity index (χ4v) is 4.65. The number of hydrogen-bond donors (Lipinski definition) is 2. The summed E-state index contributed by atoms with van der Waals surface area (Å²) in [6, 6.07) is 7.95. The number of aliphatic hydroxyl groups is 1. The molecule has 0 radical (unpaired) electrons. The Balaban J connectivity index is 1.78. The van der Waals surface area contributed by atoms with E-state index in [0.717, 1.165) is 15.6 Å². The number of hydrogen-bond acceptors (Lipinski definition) is 6. The SMILES string of the molecule is CN(CC(=O)NCC(O)COc1cccc(Cl)c1Cl)S(=O)(=O)c1cccs1. The topological polar surface area (TPSA) is 95.9 Å². The predicted octanol–water partition coefficient (Wildman–Crippen LogP) is 2.23. The number of benzene rings is 1. The standard InChI is InChI=1S/C16H18Cl2N2O5S2/c1-20(27(23,24)15-6-3-7-26-15)9-14(22)19-8-11(21)10-25-13-5-2-4-12(17)16(13)18/h2-7,11,21H,8-10H2,1H3,(H,19,22). The number of ether oxygens (including phenoxy) is 1. The minimum atomic E-state index is -3.71. The third-order valence-electron chi connectivity index (χ3n) is 3.41. The molecule has 2 rings (SSSR count).